The molecule has 0 bridgehead atoms. The van der Waals surface area contributed by atoms with Gasteiger partial charge in [0.15, 0.2) is 5.78 Å². The maximum absolute atomic E-state index is 12.1. The van der Waals surface area contributed by atoms with Gasteiger partial charge in [-0.05, 0) is 17.7 Å². The highest BCUT2D eigenvalue weighted by Gasteiger charge is 2.21. The number of ketones is 1. The molecule has 0 spiro atoms. The molecule has 7 nitrogen and oxygen atoms in total. The summed E-state index contributed by atoms with van der Waals surface area (Å²) in [5.41, 5.74) is 6.80. The Bertz CT molecular complexity index is 604. The lowest BCUT2D eigenvalue weighted by Crippen LogP contribution is -2.43. The predicted molar refractivity (Wildman–Crippen MR) is 68.6 cm³/mol. The molecule has 0 aliphatic carbocycles. The van der Waals surface area contributed by atoms with Crippen LogP contribution in [0.1, 0.15) is 22.1 Å². The van der Waals surface area contributed by atoms with Crippen molar-refractivity contribution in [1.82, 2.24) is 25.3 Å². The van der Waals surface area contributed by atoms with Crippen molar-refractivity contribution in [2.45, 2.75) is 12.5 Å². The Labute approximate surface area is 109 Å². The molecule has 3 rings (SSSR count). The summed E-state index contributed by atoms with van der Waals surface area (Å²) in [6.07, 6.45) is 3.56. The number of nitrogens with two attached hydrogens (primary N) is 1. The van der Waals surface area contributed by atoms with Gasteiger partial charge in [-0.3, -0.25) is 4.79 Å². The van der Waals surface area contributed by atoms with Gasteiger partial charge in [0, 0.05) is 25.7 Å². The van der Waals surface area contributed by atoms with Gasteiger partial charge in [-0.2, -0.15) is 0 Å². The number of nitrogens with zero attached hydrogens (tertiary/aromatic N) is 4. The van der Waals surface area contributed by atoms with E-state index in [-0.39, 0.29) is 12.2 Å². The van der Waals surface area contributed by atoms with Crippen LogP contribution in [0.25, 0.3) is 0 Å². The lowest BCUT2D eigenvalue weighted by atomic mass is 10.1. The van der Waals surface area contributed by atoms with Gasteiger partial charge in [0.2, 0.25) is 0 Å². The van der Waals surface area contributed by atoms with Crippen LogP contribution in [0.4, 0.5) is 5.82 Å². The first-order chi connectivity index (χ1) is 9.22. The molecule has 1 aliphatic rings. The summed E-state index contributed by atoms with van der Waals surface area (Å²) in [7, 11) is 0. The van der Waals surface area contributed by atoms with Crippen LogP contribution in [0.3, 0.4) is 0 Å². The molecule has 98 valence electrons. The monoisotopic (exact) mass is 258 g/mol. The Morgan fingerprint density at radius 1 is 1.53 bits per heavy atom. The Balaban J connectivity index is 1.71. The van der Waals surface area contributed by atoms with Crippen molar-refractivity contribution >= 4 is 11.6 Å². The van der Waals surface area contributed by atoms with E-state index in [9.17, 15) is 4.79 Å². The molecule has 0 amide bonds. The molecule has 2 aromatic heterocycles. The summed E-state index contributed by atoms with van der Waals surface area (Å²) in [5, 5.41) is 11.1. The molecule has 0 unspecified atom stereocenters. The van der Waals surface area contributed by atoms with Crippen molar-refractivity contribution in [2.75, 3.05) is 18.8 Å². The second kappa shape index (κ2) is 4.77. The van der Waals surface area contributed by atoms with Crippen LogP contribution in [-0.4, -0.2) is 38.9 Å². The molecule has 0 saturated carbocycles. The summed E-state index contributed by atoms with van der Waals surface area (Å²) >= 11 is 0. The number of Topliss-reactive ketones (excluding diaryl/α,β-unsaturated/α-hetero) is 1. The van der Waals surface area contributed by atoms with Gasteiger partial charge >= 0.3 is 0 Å². The van der Waals surface area contributed by atoms with Crippen molar-refractivity contribution in [3.63, 3.8) is 0 Å². The lowest BCUT2D eigenvalue weighted by Gasteiger charge is -2.26. The standard InChI is InChI=1S/C12H14N6O/c13-12-4-8(1-2-15-12)3-11(19)10-7-18(17-16-10)9-5-14-6-9/h1-2,4,7,9,14H,3,5-6H2,(H2,13,15). The average Bonchev–Trinajstić information content (AvgIpc) is 2.76. The molecule has 1 fully saturated rings. The molecule has 1 saturated heterocycles. The van der Waals surface area contributed by atoms with Crippen LogP contribution < -0.4 is 11.1 Å². The van der Waals surface area contributed by atoms with Crippen LogP contribution in [0.5, 0.6) is 0 Å². The largest absolute Gasteiger partial charge is 0.384 e. The quantitative estimate of drug-likeness (QED) is 0.738. The number of nitrogens with one attached hydrogen (secondary N) is 1. The fourth-order valence-corrected chi connectivity index (χ4v) is 1.92. The number of rotatable bonds is 4. The first-order valence-electron chi connectivity index (χ1n) is 6.08. The van der Waals surface area contributed by atoms with Gasteiger partial charge in [0.05, 0.1) is 12.2 Å². The Morgan fingerprint density at radius 3 is 3.05 bits per heavy atom. The number of hydrogen-bond donors (Lipinski definition) is 2. The van der Waals surface area contributed by atoms with E-state index in [4.69, 9.17) is 5.73 Å². The maximum atomic E-state index is 12.1. The summed E-state index contributed by atoms with van der Waals surface area (Å²) in [6.45, 7) is 1.75. The minimum atomic E-state index is -0.0656. The third-order valence-corrected chi connectivity index (χ3v) is 3.14. The molecule has 0 aromatic carbocycles. The molecule has 3 heterocycles. The molecule has 0 radical (unpaired) electrons. The van der Waals surface area contributed by atoms with Crippen LogP contribution in [-0.2, 0) is 6.42 Å². The molecular formula is C12H14N6O. The van der Waals surface area contributed by atoms with E-state index in [2.05, 4.69) is 20.6 Å². The fraction of sp³-hybridized carbons (Fsp3) is 0.333. The highest BCUT2D eigenvalue weighted by molar-refractivity contribution is 5.95. The zero-order chi connectivity index (χ0) is 13.2. The van der Waals surface area contributed by atoms with Gasteiger partial charge in [0.25, 0.3) is 0 Å². The minimum absolute atomic E-state index is 0.0656. The van der Waals surface area contributed by atoms with Crippen LogP contribution in [0.2, 0.25) is 0 Å². The number of hydrogen-bond acceptors (Lipinski definition) is 6. The van der Waals surface area contributed by atoms with Crippen LogP contribution >= 0.6 is 0 Å². The predicted octanol–water partition coefficient (Wildman–Crippen LogP) is -0.175. The lowest BCUT2D eigenvalue weighted by molar-refractivity contribution is 0.0988. The summed E-state index contributed by atoms with van der Waals surface area (Å²) in [6, 6.07) is 3.78. The smallest absolute Gasteiger partial charge is 0.189 e. The molecule has 1 aliphatic heterocycles. The molecular weight excluding hydrogens is 244 g/mol. The SMILES string of the molecule is Nc1cc(CC(=O)c2cn(C3CNC3)nn2)ccn1. The number of nitrogen functional groups attached to an aromatic ring is 1. The zero-order valence-electron chi connectivity index (χ0n) is 10.3. The van der Waals surface area contributed by atoms with E-state index < -0.39 is 0 Å². The Morgan fingerprint density at radius 2 is 2.37 bits per heavy atom. The summed E-state index contributed by atoms with van der Waals surface area (Å²) in [4.78, 5) is 16.0. The molecule has 7 heteroatoms. The van der Waals surface area contributed by atoms with Crippen molar-refractivity contribution in [1.29, 1.82) is 0 Å². The van der Waals surface area contributed by atoms with Gasteiger partial charge < -0.3 is 11.1 Å². The summed E-state index contributed by atoms with van der Waals surface area (Å²) < 4.78 is 1.74. The number of carbonyl (C=O) groups is 1. The third-order valence-electron chi connectivity index (χ3n) is 3.14. The molecule has 0 atom stereocenters. The van der Waals surface area contributed by atoms with Crippen molar-refractivity contribution < 1.29 is 4.79 Å². The van der Waals surface area contributed by atoms with Gasteiger partial charge in [-0.15, -0.1) is 5.10 Å². The first-order valence-corrected chi connectivity index (χ1v) is 6.08. The maximum Gasteiger partial charge on any atom is 0.189 e. The normalized spacial score (nSPS) is 15.2. The van der Waals surface area contributed by atoms with Gasteiger partial charge in [-0.25, -0.2) is 9.67 Å². The second-order valence-electron chi connectivity index (χ2n) is 4.58. The second-order valence-corrected chi connectivity index (χ2v) is 4.58. The molecule has 2 aromatic rings. The van der Waals surface area contributed by atoms with Crippen molar-refractivity contribution in [3.8, 4) is 0 Å². The fourth-order valence-electron chi connectivity index (χ4n) is 1.92. The molecule has 3 N–H and O–H groups in total. The van der Waals surface area contributed by atoms with E-state index in [0.717, 1.165) is 18.7 Å². The number of carbonyl (C=O) groups excluding carboxylic acids is 1. The van der Waals surface area contributed by atoms with E-state index in [0.29, 0.717) is 17.6 Å². The zero-order valence-corrected chi connectivity index (χ0v) is 10.3. The minimum Gasteiger partial charge on any atom is -0.384 e. The first kappa shape index (κ1) is 11.8. The van der Waals surface area contributed by atoms with Crippen molar-refractivity contribution in [3.05, 3.63) is 35.8 Å². The Hall–Kier alpha value is -2.28. The molecule has 19 heavy (non-hydrogen) atoms. The number of aromatic nitrogens is 4. The third kappa shape index (κ3) is 2.45. The average molecular weight is 258 g/mol. The summed E-state index contributed by atoms with van der Waals surface area (Å²) in [5.74, 6) is 0.346. The van der Waals surface area contributed by atoms with E-state index in [1.54, 1.807) is 29.2 Å². The van der Waals surface area contributed by atoms with Gasteiger partial charge in [-0.1, -0.05) is 5.21 Å². The highest BCUT2D eigenvalue weighted by Crippen LogP contribution is 2.12. The number of anilines is 1. The van der Waals surface area contributed by atoms with Crippen LogP contribution in [0, 0.1) is 0 Å². The number of pyridine rings is 1. The van der Waals surface area contributed by atoms with E-state index >= 15 is 0 Å². The van der Waals surface area contributed by atoms with Crippen molar-refractivity contribution in [2.24, 2.45) is 0 Å². The van der Waals surface area contributed by atoms with Gasteiger partial charge in [0.1, 0.15) is 11.5 Å². The van der Waals surface area contributed by atoms with E-state index in [1.807, 2.05) is 0 Å². The van der Waals surface area contributed by atoms with E-state index in [1.165, 1.54) is 0 Å². The van der Waals surface area contributed by atoms with Crippen LogP contribution in [0.15, 0.2) is 24.5 Å². The topological polar surface area (TPSA) is 98.7 Å². The Kier molecular flexibility index (Phi) is 2.96. The highest BCUT2D eigenvalue weighted by atomic mass is 16.1.